The molecule has 2 aromatic carbocycles. The SMILES string of the molecule is CC(C)OC(=O)CC(NC(=O)OC(C)(C)C)c1ccc(OS(=O)(=O)c2ccccc2)cc1. The smallest absolute Gasteiger partial charge is 0.408 e. The molecule has 0 saturated heterocycles. The minimum atomic E-state index is -3.98. The first-order valence-corrected chi connectivity index (χ1v) is 11.5. The van der Waals surface area contributed by atoms with E-state index in [-0.39, 0.29) is 23.2 Å². The van der Waals surface area contributed by atoms with E-state index < -0.39 is 33.8 Å². The van der Waals surface area contributed by atoms with Gasteiger partial charge in [-0.15, -0.1) is 0 Å². The van der Waals surface area contributed by atoms with Crippen LogP contribution in [0.1, 0.15) is 52.6 Å². The van der Waals surface area contributed by atoms with Gasteiger partial charge in [0, 0.05) is 0 Å². The standard InChI is InChI=1S/C23H29NO7S/c1-16(2)29-21(25)15-20(24-22(26)30-23(3,4)5)17-11-13-18(14-12-17)31-32(27,28)19-9-7-6-8-10-19/h6-14,16,20H,15H2,1-5H3,(H,24,26). The molecule has 0 aliphatic heterocycles. The fourth-order valence-electron chi connectivity index (χ4n) is 2.70. The van der Waals surface area contributed by atoms with Gasteiger partial charge in [0.1, 0.15) is 16.2 Å². The Morgan fingerprint density at radius 1 is 0.969 bits per heavy atom. The van der Waals surface area contributed by atoms with E-state index in [4.69, 9.17) is 13.7 Å². The molecule has 0 spiro atoms. The number of carbonyl (C=O) groups excluding carboxylic acids is 2. The summed E-state index contributed by atoms with van der Waals surface area (Å²) in [7, 11) is -3.98. The predicted octanol–water partition coefficient (Wildman–Crippen LogP) is 4.36. The van der Waals surface area contributed by atoms with Crippen LogP contribution in [-0.4, -0.2) is 32.2 Å². The molecular weight excluding hydrogens is 434 g/mol. The molecule has 0 saturated carbocycles. The molecule has 32 heavy (non-hydrogen) atoms. The molecule has 0 radical (unpaired) electrons. The predicted molar refractivity (Wildman–Crippen MR) is 119 cm³/mol. The summed E-state index contributed by atoms with van der Waals surface area (Å²) in [6, 6.07) is 13.1. The summed E-state index contributed by atoms with van der Waals surface area (Å²) in [6.07, 6.45) is -1.12. The number of hydrogen-bond donors (Lipinski definition) is 1. The van der Waals surface area contributed by atoms with Gasteiger partial charge in [0.2, 0.25) is 0 Å². The zero-order chi connectivity index (χ0) is 23.9. The van der Waals surface area contributed by atoms with E-state index in [2.05, 4.69) is 5.32 Å². The van der Waals surface area contributed by atoms with Crippen molar-refractivity contribution in [3.8, 4) is 5.75 Å². The highest BCUT2D eigenvalue weighted by Gasteiger charge is 2.24. The Morgan fingerprint density at radius 2 is 1.56 bits per heavy atom. The lowest BCUT2D eigenvalue weighted by Crippen LogP contribution is -2.36. The highest BCUT2D eigenvalue weighted by atomic mass is 32.2. The molecule has 2 rings (SSSR count). The van der Waals surface area contributed by atoms with Gasteiger partial charge in [-0.05, 0) is 64.4 Å². The maximum atomic E-state index is 12.4. The van der Waals surface area contributed by atoms with Gasteiger partial charge in [-0.3, -0.25) is 4.79 Å². The van der Waals surface area contributed by atoms with Crippen LogP contribution in [-0.2, 0) is 24.4 Å². The second-order valence-electron chi connectivity index (χ2n) is 8.36. The van der Waals surface area contributed by atoms with Crippen molar-refractivity contribution < 1.29 is 31.7 Å². The van der Waals surface area contributed by atoms with Crippen molar-refractivity contribution >= 4 is 22.2 Å². The van der Waals surface area contributed by atoms with Gasteiger partial charge in [0.25, 0.3) is 0 Å². The number of rotatable bonds is 8. The second-order valence-corrected chi connectivity index (χ2v) is 9.91. The Labute approximate surface area is 189 Å². The molecule has 0 aliphatic rings. The van der Waals surface area contributed by atoms with Crippen LogP contribution in [0.25, 0.3) is 0 Å². The molecule has 0 aliphatic carbocycles. The van der Waals surface area contributed by atoms with E-state index >= 15 is 0 Å². The van der Waals surface area contributed by atoms with E-state index in [0.717, 1.165) is 0 Å². The van der Waals surface area contributed by atoms with E-state index in [0.29, 0.717) is 5.56 Å². The average Bonchev–Trinajstić information content (AvgIpc) is 2.66. The van der Waals surface area contributed by atoms with Crippen molar-refractivity contribution in [2.75, 3.05) is 0 Å². The lowest BCUT2D eigenvalue weighted by Gasteiger charge is -2.24. The molecule has 0 bridgehead atoms. The number of esters is 1. The largest absolute Gasteiger partial charge is 0.463 e. The molecule has 174 valence electrons. The van der Waals surface area contributed by atoms with Gasteiger partial charge in [0.15, 0.2) is 0 Å². The van der Waals surface area contributed by atoms with Crippen molar-refractivity contribution in [2.24, 2.45) is 0 Å². The average molecular weight is 464 g/mol. The molecule has 0 aromatic heterocycles. The fourth-order valence-corrected chi connectivity index (χ4v) is 3.65. The quantitative estimate of drug-likeness (QED) is 0.458. The normalized spacial score (nSPS) is 12.7. The molecule has 9 heteroatoms. The lowest BCUT2D eigenvalue weighted by atomic mass is 10.0. The summed E-state index contributed by atoms with van der Waals surface area (Å²) in [5.41, 5.74) is -0.155. The van der Waals surface area contributed by atoms with Crippen LogP contribution in [0.3, 0.4) is 0 Å². The zero-order valence-corrected chi connectivity index (χ0v) is 19.6. The molecule has 1 amide bonds. The van der Waals surface area contributed by atoms with Gasteiger partial charge < -0.3 is 19.0 Å². The number of carbonyl (C=O) groups is 2. The first kappa shape index (κ1) is 25.2. The van der Waals surface area contributed by atoms with Crippen LogP contribution in [0.5, 0.6) is 5.75 Å². The van der Waals surface area contributed by atoms with Gasteiger partial charge in [-0.25, -0.2) is 4.79 Å². The first-order valence-electron chi connectivity index (χ1n) is 10.1. The Kier molecular flexibility index (Phi) is 8.26. The van der Waals surface area contributed by atoms with Crippen molar-refractivity contribution in [3.05, 3.63) is 60.2 Å². The minimum Gasteiger partial charge on any atom is -0.463 e. The van der Waals surface area contributed by atoms with Crippen LogP contribution in [0.2, 0.25) is 0 Å². The Hall–Kier alpha value is -3.07. The van der Waals surface area contributed by atoms with Crippen molar-refractivity contribution in [1.82, 2.24) is 5.32 Å². The Bertz CT molecular complexity index is 1010. The highest BCUT2D eigenvalue weighted by molar-refractivity contribution is 7.87. The van der Waals surface area contributed by atoms with Crippen LogP contribution in [0.15, 0.2) is 59.5 Å². The van der Waals surface area contributed by atoms with E-state index in [1.165, 1.54) is 24.3 Å². The molecule has 0 heterocycles. The summed E-state index contributed by atoms with van der Waals surface area (Å²) in [4.78, 5) is 24.5. The number of alkyl carbamates (subject to hydrolysis) is 1. The Balaban J connectivity index is 2.19. The topological polar surface area (TPSA) is 108 Å². The molecular formula is C23H29NO7S. The summed E-state index contributed by atoms with van der Waals surface area (Å²) >= 11 is 0. The zero-order valence-electron chi connectivity index (χ0n) is 18.8. The Morgan fingerprint density at radius 3 is 2.09 bits per heavy atom. The third-order valence-corrected chi connectivity index (χ3v) is 5.21. The number of benzene rings is 2. The lowest BCUT2D eigenvalue weighted by molar-refractivity contribution is -0.148. The molecule has 1 atom stereocenters. The summed E-state index contributed by atoms with van der Waals surface area (Å²) < 4.78 is 40.4. The van der Waals surface area contributed by atoms with Crippen molar-refractivity contribution in [2.45, 2.75) is 63.7 Å². The molecule has 2 aromatic rings. The molecule has 0 fully saturated rings. The van der Waals surface area contributed by atoms with E-state index in [1.807, 2.05) is 0 Å². The summed E-state index contributed by atoms with van der Waals surface area (Å²) in [5, 5.41) is 2.67. The third-order valence-electron chi connectivity index (χ3n) is 3.95. The van der Waals surface area contributed by atoms with Crippen LogP contribution in [0.4, 0.5) is 4.79 Å². The minimum absolute atomic E-state index is 0.0324. The number of nitrogens with one attached hydrogen (secondary N) is 1. The summed E-state index contributed by atoms with van der Waals surface area (Å²) in [5.74, 6) is -0.397. The number of ether oxygens (including phenoxy) is 2. The maximum absolute atomic E-state index is 12.4. The first-order chi connectivity index (χ1) is 14.9. The second kappa shape index (κ2) is 10.5. The molecule has 1 N–H and O–H groups in total. The van der Waals surface area contributed by atoms with Gasteiger partial charge in [-0.1, -0.05) is 30.3 Å². The van der Waals surface area contributed by atoms with Gasteiger partial charge in [-0.2, -0.15) is 8.42 Å². The van der Waals surface area contributed by atoms with Crippen LogP contribution < -0.4 is 9.50 Å². The monoisotopic (exact) mass is 463 g/mol. The van der Waals surface area contributed by atoms with Crippen molar-refractivity contribution in [3.63, 3.8) is 0 Å². The van der Waals surface area contributed by atoms with E-state index in [9.17, 15) is 18.0 Å². The van der Waals surface area contributed by atoms with Gasteiger partial charge >= 0.3 is 22.2 Å². The number of hydrogen-bond acceptors (Lipinski definition) is 7. The molecule has 1 unspecified atom stereocenters. The highest BCUT2D eigenvalue weighted by Crippen LogP contribution is 2.24. The van der Waals surface area contributed by atoms with Crippen molar-refractivity contribution in [1.29, 1.82) is 0 Å². The van der Waals surface area contributed by atoms with E-state index in [1.54, 1.807) is 65.0 Å². The maximum Gasteiger partial charge on any atom is 0.408 e. The van der Waals surface area contributed by atoms with Crippen LogP contribution in [0, 0.1) is 0 Å². The molecule has 8 nitrogen and oxygen atoms in total. The van der Waals surface area contributed by atoms with Crippen LogP contribution >= 0.6 is 0 Å². The third kappa shape index (κ3) is 8.22. The number of amides is 1. The van der Waals surface area contributed by atoms with Gasteiger partial charge in [0.05, 0.1) is 18.6 Å². The fraction of sp³-hybridized carbons (Fsp3) is 0.391. The summed E-state index contributed by atoms with van der Waals surface area (Å²) in [6.45, 7) is 8.65.